The predicted octanol–water partition coefficient (Wildman–Crippen LogP) is 1.64. The fourth-order valence-electron chi connectivity index (χ4n) is 3.28. The van der Waals surface area contributed by atoms with Crippen LogP contribution in [0, 0.1) is 0 Å². The number of rotatable bonds is 4. The summed E-state index contributed by atoms with van der Waals surface area (Å²) >= 11 is 0. The Morgan fingerprint density at radius 2 is 2.09 bits per heavy atom. The molecule has 0 spiro atoms. The van der Waals surface area contributed by atoms with Gasteiger partial charge in [-0.15, -0.1) is 0 Å². The first-order chi connectivity index (χ1) is 11.3. The summed E-state index contributed by atoms with van der Waals surface area (Å²) in [6.45, 7) is 3.19. The van der Waals surface area contributed by atoms with Crippen LogP contribution in [0.2, 0.25) is 0 Å². The second-order valence-electron chi connectivity index (χ2n) is 5.84. The highest BCUT2D eigenvalue weighted by molar-refractivity contribution is 5.44. The lowest BCUT2D eigenvalue weighted by Gasteiger charge is -2.25. The Morgan fingerprint density at radius 3 is 2.91 bits per heavy atom. The summed E-state index contributed by atoms with van der Waals surface area (Å²) in [5, 5.41) is 4.00. The van der Waals surface area contributed by atoms with Crippen molar-refractivity contribution >= 4 is 0 Å². The zero-order valence-electron chi connectivity index (χ0n) is 12.9. The van der Waals surface area contributed by atoms with Crippen LogP contribution in [-0.2, 0) is 13.1 Å². The van der Waals surface area contributed by atoms with Gasteiger partial charge in [-0.1, -0.05) is 11.2 Å². The summed E-state index contributed by atoms with van der Waals surface area (Å²) < 4.78 is 16.4. The molecular formula is C16H20N4O3. The van der Waals surface area contributed by atoms with Crippen molar-refractivity contribution in [3.8, 4) is 11.5 Å². The van der Waals surface area contributed by atoms with Crippen molar-refractivity contribution in [2.75, 3.05) is 19.8 Å². The molecule has 1 unspecified atom stereocenters. The molecule has 0 saturated carbocycles. The van der Waals surface area contributed by atoms with E-state index in [1.54, 1.807) is 0 Å². The number of nitrogens with zero attached hydrogens (tertiary/aromatic N) is 3. The van der Waals surface area contributed by atoms with E-state index >= 15 is 0 Å². The van der Waals surface area contributed by atoms with Crippen LogP contribution in [0.1, 0.15) is 36.2 Å². The fourth-order valence-corrected chi connectivity index (χ4v) is 3.28. The van der Waals surface area contributed by atoms with Crippen molar-refractivity contribution in [1.82, 2.24) is 15.0 Å². The number of aromatic nitrogens is 2. The normalized spacial score (nSPS) is 20.8. The van der Waals surface area contributed by atoms with E-state index in [0.29, 0.717) is 37.5 Å². The zero-order chi connectivity index (χ0) is 15.6. The second-order valence-corrected chi connectivity index (χ2v) is 5.84. The Kier molecular flexibility index (Phi) is 3.88. The number of ether oxygens (including phenoxy) is 2. The first-order valence-electron chi connectivity index (χ1n) is 7.98. The maximum atomic E-state index is 5.70. The van der Waals surface area contributed by atoms with E-state index in [4.69, 9.17) is 19.7 Å². The summed E-state index contributed by atoms with van der Waals surface area (Å²) in [6.07, 6.45) is 2.27. The highest BCUT2D eigenvalue weighted by atomic mass is 16.6. The highest BCUT2D eigenvalue weighted by Gasteiger charge is 2.28. The molecule has 1 atom stereocenters. The lowest BCUT2D eigenvalue weighted by molar-refractivity contribution is 0.170. The van der Waals surface area contributed by atoms with Crippen LogP contribution >= 0.6 is 0 Å². The third kappa shape index (κ3) is 2.89. The molecule has 4 rings (SSSR count). The van der Waals surface area contributed by atoms with Crippen molar-refractivity contribution < 1.29 is 14.0 Å². The SMILES string of the molecule is NCc1nc(CN2CCCC2c2ccc3c(c2)OCCO3)no1. The predicted molar refractivity (Wildman–Crippen MR) is 82.0 cm³/mol. The van der Waals surface area contributed by atoms with E-state index in [0.717, 1.165) is 30.9 Å². The van der Waals surface area contributed by atoms with Crippen LogP contribution < -0.4 is 15.2 Å². The van der Waals surface area contributed by atoms with Gasteiger partial charge in [-0.25, -0.2) is 0 Å². The van der Waals surface area contributed by atoms with Gasteiger partial charge in [0.1, 0.15) is 13.2 Å². The molecule has 2 aromatic rings. The van der Waals surface area contributed by atoms with E-state index in [2.05, 4.69) is 27.2 Å². The lowest BCUT2D eigenvalue weighted by Crippen LogP contribution is -2.24. The van der Waals surface area contributed by atoms with Gasteiger partial charge < -0.3 is 19.7 Å². The van der Waals surface area contributed by atoms with Crippen molar-refractivity contribution in [2.24, 2.45) is 5.73 Å². The molecule has 3 heterocycles. The summed E-state index contributed by atoms with van der Waals surface area (Å²) in [5.74, 6) is 2.84. The summed E-state index contributed by atoms with van der Waals surface area (Å²) in [6, 6.07) is 6.56. The van der Waals surface area contributed by atoms with Crippen molar-refractivity contribution in [3.63, 3.8) is 0 Å². The molecule has 0 aliphatic carbocycles. The van der Waals surface area contributed by atoms with Crippen molar-refractivity contribution in [3.05, 3.63) is 35.5 Å². The Bertz CT molecular complexity index is 688. The highest BCUT2D eigenvalue weighted by Crippen LogP contribution is 2.38. The van der Waals surface area contributed by atoms with E-state index in [1.165, 1.54) is 5.56 Å². The molecule has 7 heteroatoms. The molecule has 23 heavy (non-hydrogen) atoms. The lowest BCUT2D eigenvalue weighted by atomic mass is 10.0. The molecule has 7 nitrogen and oxygen atoms in total. The van der Waals surface area contributed by atoms with Crippen molar-refractivity contribution in [1.29, 1.82) is 0 Å². The van der Waals surface area contributed by atoms with Crippen LogP contribution in [0.3, 0.4) is 0 Å². The molecule has 1 fully saturated rings. The minimum atomic E-state index is 0.276. The van der Waals surface area contributed by atoms with Gasteiger partial charge in [-0.3, -0.25) is 4.90 Å². The van der Waals surface area contributed by atoms with Crippen LogP contribution in [0.25, 0.3) is 0 Å². The van der Waals surface area contributed by atoms with Gasteiger partial charge in [0.25, 0.3) is 0 Å². The minimum absolute atomic E-state index is 0.276. The molecule has 0 amide bonds. The molecule has 2 aliphatic heterocycles. The molecular weight excluding hydrogens is 296 g/mol. The average Bonchev–Trinajstić information content (AvgIpc) is 3.24. The largest absolute Gasteiger partial charge is 0.486 e. The van der Waals surface area contributed by atoms with Gasteiger partial charge in [0.05, 0.1) is 13.1 Å². The average molecular weight is 316 g/mol. The fraction of sp³-hybridized carbons (Fsp3) is 0.500. The first kappa shape index (κ1) is 14.5. The molecule has 1 saturated heterocycles. The molecule has 2 N–H and O–H groups in total. The van der Waals surface area contributed by atoms with Gasteiger partial charge >= 0.3 is 0 Å². The smallest absolute Gasteiger partial charge is 0.240 e. The summed E-state index contributed by atoms with van der Waals surface area (Å²) in [7, 11) is 0. The van der Waals surface area contributed by atoms with Crippen molar-refractivity contribution in [2.45, 2.75) is 32.0 Å². The van der Waals surface area contributed by atoms with E-state index in [9.17, 15) is 0 Å². The van der Waals surface area contributed by atoms with Gasteiger partial charge in [0.15, 0.2) is 17.3 Å². The topological polar surface area (TPSA) is 86.6 Å². The standard InChI is InChI=1S/C16H20N4O3/c17-9-16-18-15(19-23-16)10-20-5-1-2-12(20)11-3-4-13-14(8-11)22-7-6-21-13/h3-4,8,12H,1-2,5-7,9-10,17H2. The first-order valence-corrected chi connectivity index (χ1v) is 7.98. The van der Waals surface area contributed by atoms with E-state index < -0.39 is 0 Å². The number of hydrogen-bond donors (Lipinski definition) is 1. The van der Waals surface area contributed by atoms with Gasteiger partial charge in [0, 0.05) is 6.04 Å². The zero-order valence-corrected chi connectivity index (χ0v) is 12.9. The Labute approximate surface area is 134 Å². The molecule has 1 aromatic heterocycles. The Hall–Kier alpha value is -2.12. The van der Waals surface area contributed by atoms with E-state index in [1.807, 2.05) is 6.07 Å². The summed E-state index contributed by atoms with van der Waals surface area (Å²) in [5.41, 5.74) is 6.76. The number of likely N-dealkylation sites (tertiary alicyclic amines) is 1. The minimum Gasteiger partial charge on any atom is -0.486 e. The molecule has 122 valence electrons. The molecule has 0 bridgehead atoms. The van der Waals surface area contributed by atoms with Crippen LogP contribution in [0.15, 0.2) is 22.7 Å². The number of fused-ring (bicyclic) bond motifs is 1. The monoisotopic (exact) mass is 316 g/mol. The van der Waals surface area contributed by atoms with Gasteiger partial charge in [-0.2, -0.15) is 4.98 Å². The maximum absolute atomic E-state index is 5.70. The molecule has 0 radical (unpaired) electrons. The van der Waals surface area contributed by atoms with Crippen LogP contribution in [0.5, 0.6) is 11.5 Å². The van der Waals surface area contributed by atoms with Crippen LogP contribution in [0.4, 0.5) is 0 Å². The Morgan fingerprint density at radius 1 is 1.22 bits per heavy atom. The van der Waals surface area contributed by atoms with Crippen LogP contribution in [-0.4, -0.2) is 34.8 Å². The van der Waals surface area contributed by atoms with E-state index in [-0.39, 0.29) is 6.54 Å². The maximum Gasteiger partial charge on any atom is 0.240 e. The number of benzene rings is 1. The number of hydrogen-bond acceptors (Lipinski definition) is 7. The second kappa shape index (κ2) is 6.17. The summed E-state index contributed by atoms with van der Waals surface area (Å²) in [4.78, 5) is 6.67. The Balaban J connectivity index is 1.53. The quantitative estimate of drug-likeness (QED) is 0.917. The van der Waals surface area contributed by atoms with Gasteiger partial charge in [-0.05, 0) is 37.1 Å². The van der Waals surface area contributed by atoms with Gasteiger partial charge in [0.2, 0.25) is 5.89 Å². The molecule has 2 aliphatic rings. The third-order valence-electron chi connectivity index (χ3n) is 4.34. The third-order valence-corrected chi connectivity index (χ3v) is 4.34. The molecule has 1 aromatic carbocycles. The number of nitrogens with two attached hydrogens (primary N) is 1.